The Bertz CT molecular complexity index is 383. The molecule has 0 aromatic carbocycles. The molecule has 3 fully saturated rings. The van der Waals surface area contributed by atoms with E-state index in [1.165, 1.54) is 0 Å². The van der Waals surface area contributed by atoms with Crippen LogP contribution in [0.25, 0.3) is 0 Å². The molecular formula is C15H27NO3S. The lowest BCUT2D eigenvalue weighted by molar-refractivity contribution is -0.155. The Morgan fingerprint density at radius 3 is 2.25 bits per heavy atom. The first-order valence-corrected chi connectivity index (χ1v) is 8.84. The molecule has 116 valence electrons. The maximum Gasteiger partial charge on any atom is 0.310 e. The van der Waals surface area contributed by atoms with Crippen molar-refractivity contribution in [1.29, 1.82) is 0 Å². The minimum Gasteiger partial charge on any atom is -0.466 e. The van der Waals surface area contributed by atoms with E-state index in [4.69, 9.17) is 4.74 Å². The van der Waals surface area contributed by atoms with Crippen molar-refractivity contribution in [2.75, 3.05) is 6.61 Å². The van der Waals surface area contributed by atoms with Gasteiger partial charge in [-0.05, 0) is 65.2 Å². The molecule has 3 aliphatic carbocycles. The Hall–Kier alpha value is -0.420. The van der Waals surface area contributed by atoms with Crippen LogP contribution in [-0.2, 0) is 20.5 Å². The monoisotopic (exact) mass is 301 g/mol. The highest BCUT2D eigenvalue weighted by molar-refractivity contribution is 7.84. The lowest BCUT2D eigenvalue weighted by Gasteiger charge is -2.47. The second-order valence-electron chi connectivity index (χ2n) is 6.98. The number of fused-ring (bicyclic) bond motifs is 3. The first-order valence-electron chi connectivity index (χ1n) is 7.69. The number of rotatable bonds is 4. The van der Waals surface area contributed by atoms with Crippen molar-refractivity contribution in [2.24, 2.45) is 17.8 Å². The molecule has 4 nitrogen and oxygen atoms in total. The van der Waals surface area contributed by atoms with E-state index in [2.05, 4.69) is 4.72 Å². The number of carbonyl (C=O) groups is 1. The molecule has 3 saturated carbocycles. The van der Waals surface area contributed by atoms with Crippen LogP contribution >= 0.6 is 0 Å². The van der Waals surface area contributed by atoms with Crippen molar-refractivity contribution in [3.05, 3.63) is 0 Å². The zero-order valence-electron chi connectivity index (χ0n) is 13.0. The second-order valence-corrected chi connectivity index (χ2v) is 8.98. The zero-order chi connectivity index (χ0) is 14.9. The van der Waals surface area contributed by atoms with Gasteiger partial charge in [-0.1, -0.05) is 0 Å². The van der Waals surface area contributed by atoms with Gasteiger partial charge in [-0.25, -0.2) is 8.93 Å². The molecule has 0 heterocycles. The van der Waals surface area contributed by atoms with Crippen LogP contribution in [0.4, 0.5) is 0 Å². The minimum absolute atomic E-state index is 0.0154. The number of esters is 1. The first kappa shape index (κ1) is 16.0. The van der Waals surface area contributed by atoms with Gasteiger partial charge in [0.1, 0.15) is 0 Å². The quantitative estimate of drug-likeness (QED) is 0.811. The van der Waals surface area contributed by atoms with Crippen LogP contribution in [0.2, 0.25) is 0 Å². The predicted octanol–water partition coefficient (Wildman–Crippen LogP) is 2.41. The fraction of sp³-hybridized carbons (Fsp3) is 0.933. The molecular weight excluding hydrogens is 274 g/mol. The van der Waals surface area contributed by atoms with Crippen molar-refractivity contribution in [1.82, 2.24) is 4.72 Å². The number of nitrogens with one attached hydrogen (secondary N) is 1. The summed E-state index contributed by atoms with van der Waals surface area (Å²) >= 11 is 0. The van der Waals surface area contributed by atoms with Gasteiger partial charge in [0.2, 0.25) is 0 Å². The van der Waals surface area contributed by atoms with Crippen LogP contribution in [0.1, 0.15) is 53.4 Å². The van der Waals surface area contributed by atoms with E-state index in [9.17, 15) is 9.00 Å². The second kappa shape index (κ2) is 6.14. The molecule has 3 aliphatic rings. The van der Waals surface area contributed by atoms with Gasteiger partial charge in [0.25, 0.3) is 0 Å². The van der Waals surface area contributed by atoms with Crippen LogP contribution in [0, 0.1) is 17.8 Å². The lowest BCUT2D eigenvalue weighted by atomic mass is 9.62. The molecule has 0 amide bonds. The van der Waals surface area contributed by atoms with Crippen LogP contribution in [-0.4, -0.2) is 27.6 Å². The van der Waals surface area contributed by atoms with Gasteiger partial charge in [-0.15, -0.1) is 0 Å². The van der Waals surface area contributed by atoms with Crippen LogP contribution < -0.4 is 4.72 Å². The molecule has 0 aromatic heterocycles. The minimum atomic E-state index is -1.14. The zero-order valence-corrected chi connectivity index (χ0v) is 13.8. The highest BCUT2D eigenvalue weighted by atomic mass is 32.2. The van der Waals surface area contributed by atoms with Gasteiger partial charge in [-0.3, -0.25) is 4.79 Å². The number of carbonyl (C=O) groups excluding carboxylic acids is 1. The van der Waals surface area contributed by atoms with E-state index in [-0.39, 0.29) is 22.7 Å². The summed E-state index contributed by atoms with van der Waals surface area (Å²) in [6, 6.07) is 0.0154. The summed E-state index contributed by atoms with van der Waals surface area (Å²) in [5.74, 6) is 0.633. The van der Waals surface area contributed by atoms with Gasteiger partial charge < -0.3 is 4.74 Å². The molecule has 0 saturated heterocycles. The van der Waals surface area contributed by atoms with Crippen molar-refractivity contribution >= 4 is 17.0 Å². The molecule has 2 bridgehead atoms. The molecule has 1 N–H and O–H groups in total. The molecule has 0 spiro atoms. The highest BCUT2D eigenvalue weighted by Gasteiger charge is 2.48. The van der Waals surface area contributed by atoms with Crippen molar-refractivity contribution in [3.63, 3.8) is 0 Å². The summed E-state index contributed by atoms with van der Waals surface area (Å²) in [4.78, 5) is 12.3. The molecule has 20 heavy (non-hydrogen) atoms. The number of hydrogen-bond donors (Lipinski definition) is 1. The highest BCUT2D eigenvalue weighted by Crippen LogP contribution is 2.46. The number of hydrogen-bond acceptors (Lipinski definition) is 3. The van der Waals surface area contributed by atoms with E-state index >= 15 is 0 Å². The summed E-state index contributed by atoms with van der Waals surface area (Å²) in [6.45, 7) is 8.13. The fourth-order valence-corrected chi connectivity index (χ4v) is 4.44. The van der Waals surface area contributed by atoms with E-state index in [1.807, 2.05) is 27.7 Å². The number of ether oxygens (including phenoxy) is 1. The largest absolute Gasteiger partial charge is 0.466 e. The standard InChI is InChI=1S/C15H27NO3S/c1-5-19-14(17)12-10-6-8-11(9-7-10)13(12)16-20(18)15(2,3)4/h10-13,16H,5-9H2,1-4H3/t10?,11?,12-,13+,20?/m1/s1. The summed E-state index contributed by atoms with van der Waals surface area (Å²) in [5.41, 5.74) is 0. The van der Waals surface area contributed by atoms with Gasteiger partial charge in [0, 0.05) is 6.04 Å². The maximum absolute atomic E-state index is 12.4. The van der Waals surface area contributed by atoms with Gasteiger partial charge in [0.15, 0.2) is 0 Å². The lowest BCUT2D eigenvalue weighted by Crippen LogP contribution is -2.56. The molecule has 0 aliphatic heterocycles. The van der Waals surface area contributed by atoms with E-state index in [1.54, 1.807) is 0 Å². The SMILES string of the molecule is CCOC(=O)[C@@H]1C2CCC(CC2)[C@@H]1NS(=O)C(C)(C)C. The van der Waals surface area contributed by atoms with Gasteiger partial charge >= 0.3 is 5.97 Å². The third-order valence-electron chi connectivity index (χ3n) is 4.58. The normalized spacial score (nSPS) is 34.8. The maximum atomic E-state index is 12.4. The average molecular weight is 301 g/mol. The Balaban J connectivity index is 2.14. The fourth-order valence-electron chi connectivity index (χ4n) is 3.50. The van der Waals surface area contributed by atoms with Crippen molar-refractivity contribution in [2.45, 2.75) is 64.2 Å². The third-order valence-corrected chi connectivity index (χ3v) is 6.18. The van der Waals surface area contributed by atoms with Crippen LogP contribution in [0.3, 0.4) is 0 Å². The summed E-state index contributed by atoms with van der Waals surface area (Å²) < 4.78 is 20.6. The Morgan fingerprint density at radius 1 is 1.20 bits per heavy atom. The van der Waals surface area contributed by atoms with E-state index < -0.39 is 11.0 Å². The van der Waals surface area contributed by atoms with E-state index in [0.29, 0.717) is 18.4 Å². The van der Waals surface area contributed by atoms with Crippen LogP contribution in [0.15, 0.2) is 0 Å². The average Bonchev–Trinajstić information content (AvgIpc) is 2.39. The van der Waals surface area contributed by atoms with E-state index in [0.717, 1.165) is 25.7 Å². The predicted molar refractivity (Wildman–Crippen MR) is 80.4 cm³/mol. The molecule has 3 atom stereocenters. The molecule has 5 heteroatoms. The molecule has 0 aromatic rings. The summed E-state index contributed by atoms with van der Waals surface area (Å²) in [6.07, 6.45) is 4.49. The smallest absolute Gasteiger partial charge is 0.310 e. The molecule has 3 rings (SSSR count). The topological polar surface area (TPSA) is 55.4 Å². The summed E-state index contributed by atoms with van der Waals surface area (Å²) in [5, 5.41) is 0. The Kier molecular flexibility index (Phi) is 4.90. The Labute approximate surface area is 124 Å². The van der Waals surface area contributed by atoms with Crippen LogP contribution in [0.5, 0.6) is 0 Å². The first-order chi connectivity index (χ1) is 9.34. The van der Waals surface area contributed by atoms with Gasteiger partial charge in [0.05, 0.1) is 28.3 Å². The van der Waals surface area contributed by atoms with Crippen molar-refractivity contribution < 1.29 is 13.7 Å². The summed E-state index contributed by atoms with van der Waals surface area (Å²) in [7, 11) is -1.14. The van der Waals surface area contributed by atoms with Crippen molar-refractivity contribution in [3.8, 4) is 0 Å². The Morgan fingerprint density at radius 2 is 1.75 bits per heavy atom. The van der Waals surface area contributed by atoms with Gasteiger partial charge in [-0.2, -0.15) is 0 Å². The molecule has 1 unspecified atom stereocenters. The molecule has 0 radical (unpaired) electrons. The third kappa shape index (κ3) is 3.25.